The Labute approximate surface area is 91.5 Å². The van der Waals surface area contributed by atoms with Gasteiger partial charge < -0.3 is 14.8 Å². The summed E-state index contributed by atoms with van der Waals surface area (Å²) < 4.78 is 5.25. The Morgan fingerprint density at radius 2 is 2.20 bits per heavy atom. The van der Waals surface area contributed by atoms with E-state index in [2.05, 4.69) is 26.1 Å². The highest BCUT2D eigenvalue weighted by atomic mass is 16.3. The average molecular weight is 211 g/mol. The summed E-state index contributed by atoms with van der Waals surface area (Å²) >= 11 is 0. The third kappa shape index (κ3) is 4.06. The zero-order valence-electron chi connectivity index (χ0n) is 9.79. The number of furan rings is 1. The summed E-state index contributed by atoms with van der Waals surface area (Å²) in [4.78, 5) is 0. The second kappa shape index (κ2) is 5.33. The largest absolute Gasteiger partial charge is 0.468 e. The molecule has 1 aromatic rings. The van der Waals surface area contributed by atoms with Crippen LogP contribution < -0.4 is 5.32 Å². The van der Waals surface area contributed by atoms with E-state index in [1.807, 2.05) is 12.1 Å². The van der Waals surface area contributed by atoms with Gasteiger partial charge in [0, 0.05) is 12.6 Å². The molecule has 1 atom stereocenters. The van der Waals surface area contributed by atoms with Crippen molar-refractivity contribution in [2.45, 2.75) is 39.8 Å². The Kier molecular flexibility index (Phi) is 4.36. The van der Waals surface area contributed by atoms with Crippen molar-refractivity contribution in [1.82, 2.24) is 5.32 Å². The molecule has 0 bridgehead atoms. The van der Waals surface area contributed by atoms with Gasteiger partial charge in [0.25, 0.3) is 0 Å². The first kappa shape index (κ1) is 12.3. The van der Waals surface area contributed by atoms with Gasteiger partial charge in [-0.1, -0.05) is 20.8 Å². The maximum absolute atomic E-state index is 8.99. The van der Waals surface area contributed by atoms with Crippen LogP contribution in [0.3, 0.4) is 0 Å². The van der Waals surface area contributed by atoms with Crippen molar-refractivity contribution >= 4 is 0 Å². The van der Waals surface area contributed by atoms with E-state index in [1.165, 1.54) is 0 Å². The molecule has 3 nitrogen and oxygen atoms in total. The van der Waals surface area contributed by atoms with Crippen molar-refractivity contribution in [2.75, 3.05) is 6.61 Å². The molecule has 1 heterocycles. The lowest BCUT2D eigenvalue weighted by Gasteiger charge is -2.31. The molecule has 15 heavy (non-hydrogen) atoms. The van der Waals surface area contributed by atoms with Crippen LogP contribution >= 0.6 is 0 Å². The minimum Gasteiger partial charge on any atom is -0.468 e. The first-order valence-electron chi connectivity index (χ1n) is 5.40. The highest BCUT2D eigenvalue weighted by molar-refractivity contribution is 4.98. The van der Waals surface area contributed by atoms with Crippen LogP contribution in [0.4, 0.5) is 0 Å². The van der Waals surface area contributed by atoms with Crippen LogP contribution in [0.25, 0.3) is 0 Å². The average Bonchev–Trinajstić information content (AvgIpc) is 2.62. The zero-order valence-corrected chi connectivity index (χ0v) is 9.79. The standard InChI is InChI=1S/C12H21NO2/c1-12(2,3)11(6-7-14)13-9-10-5-4-8-15-10/h4-5,8,11,13-14H,6-7,9H2,1-3H3. The van der Waals surface area contributed by atoms with Crippen molar-refractivity contribution in [3.8, 4) is 0 Å². The molecule has 0 fully saturated rings. The molecule has 0 radical (unpaired) electrons. The Balaban J connectivity index is 2.45. The smallest absolute Gasteiger partial charge is 0.117 e. The Bertz CT molecular complexity index is 262. The van der Waals surface area contributed by atoms with Crippen molar-refractivity contribution in [1.29, 1.82) is 0 Å². The molecule has 0 saturated heterocycles. The van der Waals surface area contributed by atoms with Crippen LogP contribution in [-0.2, 0) is 6.54 Å². The fraction of sp³-hybridized carbons (Fsp3) is 0.667. The number of hydrogen-bond donors (Lipinski definition) is 2. The second-order valence-electron chi connectivity index (χ2n) is 4.89. The molecule has 0 aliphatic heterocycles. The van der Waals surface area contributed by atoms with Crippen molar-refractivity contribution < 1.29 is 9.52 Å². The van der Waals surface area contributed by atoms with Crippen molar-refractivity contribution in [3.05, 3.63) is 24.2 Å². The molecule has 86 valence electrons. The Hall–Kier alpha value is -0.800. The number of rotatable bonds is 5. The van der Waals surface area contributed by atoms with E-state index in [4.69, 9.17) is 9.52 Å². The maximum Gasteiger partial charge on any atom is 0.117 e. The van der Waals surface area contributed by atoms with Gasteiger partial charge in [0.2, 0.25) is 0 Å². The van der Waals surface area contributed by atoms with Crippen LogP contribution in [0.5, 0.6) is 0 Å². The molecule has 1 rings (SSSR count). The highest BCUT2D eigenvalue weighted by Gasteiger charge is 2.23. The van der Waals surface area contributed by atoms with Gasteiger partial charge in [-0.05, 0) is 24.0 Å². The van der Waals surface area contributed by atoms with Gasteiger partial charge >= 0.3 is 0 Å². The van der Waals surface area contributed by atoms with Crippen LogP contribution in [0.2, 0.25) is 0 Å². The number of nitrogens with one attached hydrogen (secondary N) is 1. The van der Waals surface area contributed by atoms with Gasteiger partial charge in [-0.3, -0.25) is 0 Å². The lowest BCUT2D eigenvalue weighted by molar-refractivity contribution is 0.194. The fourth-order valence-corrected chi connectivity index (χ4v) is 1.61. The van der Waals surface area contributed by atoms with Gasteiger partial charge in [-0.2, -0.15) is 0 Å². The van der Waals surface area contributed by atoms with E-state index in [0.717, 1.165) is 18.7 Å². The van der Waals surface area contributed by atoms with E-state index in [9.17, 15) is 0 Å². The van der Waals surface area contributed by atoms with Crippen LogP contribution in [0.15, 0.2) is 22.8 Å². The van der Waals surface area contributed by atoms with Gasteiger partial charge in [-0.15, -0.1) is 0 Å². The monoisotopic (exact) mass is 211 g/mol. The van der Waals surface area contributed by atoms with Crippen LogP contribution in [0, 0.1) is 5.41 Å². The minimum atomic E-state index is 0.148. The molecule has 0 aliphatic carbocycles. The lowest BCUT2D eigenvalue weighted by Crippen LogP contribution is -2.40. The molecule has 0 saturated carbocycles. The van der Waals surface area contributed by atoms with Crippen LogP contribution in [-0.4, -0.2) is 17.8 Å². The van der Waals surface area contributed by atoms with Gasteiger partial charge in [0.05, 0.1) is 12.8 Å². The third-order valence-corrected chi connectivity index (χ3v) is 2.57. The second-order valence-corrected chi connectivity index (χ2v) is 4.89. The van der Waals surface area contributed by atoms with Crippen LogP contribution in [0.1, 0.15) is 33.0 Å². The summed E-state index contributed by atoms with van der Waals surface area (Å²) in [5.74, 6) is 0.933. The highest BCUT2D eigenvalue weighted by Crippen LogP contribution is 2.21. The van der Waals surface area contributed by atoms with E-state index in [0.29, 0.717) is 6.04 Å². The van der Waals surface area contributed by atoms with Gasteiger partial charge in [-0.25, -0.2) is 0 Å². The molecule has 0 amide bonds. The molecular weight excluding hydrogens is 190 g/mol. The minimum absolute atomic E-state index is 0.148. The summed E-state index contributed by atoms with van der Waals surface area (Å²) in [5.41, 5.74) is 0.148. The predicted molar refractivity (Wildman–Crippen MR) is 60.5 cm³/mol. The SMILES string of the molecule is CC(C)(C)C(CCO)NCc1ccco1. The molecule has 2 N–H and O–H groups in total. The molecule has 1 unspecified atom stereocenters. The molecule has 0 spiro atoms. The fourth-order valence-electron chi connectivity index (χ4n) is 1.61. The van der Waals surface area contributed by atoms with Gasteiger partial charge in [0.1, 0.15) is 5.76 Å². The lowest BCUT2D eigenvalue weighted by atomic mass is 9.85. The molecule has 1 aromatic heterocycles. The van der Waals surface area contributed by atoms with E-state index in [1.54, 1.807) is 6.26 Å². The van der Waals surface area contributed by atoms with Gasteiger partial charge in [0.15, 0.2) is 0 Å². The van der Waals surface area contributed by atoms with E-state index in [-0.39, 0.29) is 12.0 Å². The van der Waals surface area contributed by atoms with Crippen molar-refractivity contribution in [2.24, 2.45) is 5.41 Å². The van der Waals surface area contributed by atoms with Crippen molar-refractivity contribution in [3.63, 3.8) is 0 Å². The molecule has 0 aliphatic rings. The quantitative estimate of drug-likeness (QED) is 0.784. The Morgan fingerprint density at radius 1 is 1.47 bits per heavy atom. The number of hydrogen-bond acceptors (Lipinski definition) is 3. The maximum atomic E-state index is 8.99. The summed E-state index contributed by atoms with van der Waals surface area (Å²) in [5, 5.41) is 12.4. The first-order chi connectivity index (χ1) is 7.04. The zero-order chi connectivity index (χ0) is 11.3. The molecule has 3 heteroatoms. The summed E-state index contributed by atoms with van der Waals surface area (Å²) in [6, 6.07) is 4.13. The summed E-state index contributed by atoms with van der Waals surface area (Å²) in [7, 11) is 0. The Morgan fingerprint density at radius 3 is 2.67 bits per heavy atom. The molecule has 0 aromatic carbocycles. The number of aliphatic hydroxyl groups is 1. The summed E-state index contributed by atoms with van der Waals surface area (Å²) in [6.45, 7) is 7.44. The van der Waals surface area contributed by atoms with E-state index >= 15 is 0 Å². The summed E-state index contributed by atoms with van der Waals surface area (Å²) in [6.07, 6.45) is 2.44. The normalized spacial score (nSPS) is 14.1. The topological polar surface area (TPSA) is 45.4 Å². The third-order valence-electron chi connectivity index (χ3n) is 2.57. The van der Waals surface area contributed by atoms with E-state index < -0.39 is 0 Å². The molecular formula is C12H21NO2. The number of aliphatic hydroxyl groups excluding tert-OH is 1. The predicted octanol–water partition coefficient (Wildman–Crippen LogP) is 2.17. The first-order valence-corrected chi connectivity index (χ1v) is 5.40.